The number of hydrogen-bond acceptors (Lipinski definition) is 4. The number of nitrogens with zero attached hydrogens (tertiary/aromatic N) is 6. The van der Waals surface area contributed by atoms with Crippen LogP contribution < -0.4 is 4.74 Å². The van der Waals surface area contributed by atoms with Crippen molar-refractivity contribution in [3.63, 3.8) is 0 Å². The summed E-state index contributed by atoms with van der Waals surface area (Å²) < 4.78 is 6.85. The van der Waals surface area contributed by atoms with Gasteiger partial charge in [-0.05, 0) is 54.4 Å². The van der Waals surface area contributed by atoms with Crippen molar-refractivity contribution in [1.82, 2.24) is 15.0 Å². The van der Waals surface area contributed by atoms with Crippen molar-refractivity contribution in [3.05, 3.63) is 52.4 Å². The van der Waals surface area contributed by atoms with Crippen LogP contribution in [-0.2, 0) is 0 Å². The number of ether oxygens (including phenoxy) is 1. The van der Waals surface area contributed by atoms with E-state index in [1.54, 1.807) is 17.9 Å². The fourth-order valence-electron chi connectivity index (χ4n) is 2.18. The lowest BCUT2D eigenvalue weighted by Crippen LogP contribution is -1.96. The lowest BCUT2D eigenvalue weighted by molar-refractivity contribution is 0.414. The van der Waals surface area contributed by atoms with Gasteiger partial charge in [-0.1, -0.05) is 10.3 Å². The zero-order valence-corrected chi connectivity index (χ0v) is 11.6. The van der Waals surface area contributed by atoms with Crippen LogP contribution in [0.5, 0.6) is 5.75 Å². The largest absolute Gasteiger partial charge is 0.497 e. The van der Waals surface area contributed by atoms with E-state index in [-0.39, 0.29) is 0 Å². The number of fused-ring (bicyclic) bond motifs is 1. The Morgan fingerprint density at radius 3 is 2.67 bits per heavy atom. The predicted octanol–water partition coefficient (Wildman–Crippen LogP) is 3.68. The first-order valence-corrected chi connectivity index (χ1v) is 6.28. The molecule has 7 nitrogen and oxygen atoms in total. The number of aromatic nitrogens is 3. The maximum Gasteiger partial charge on any atom is 0.123 e. The molecular weight excluding hydrogens is 268 g/mol. The van der Waals surface area contributed by atoms with Crippen molar-refractivity contribution in [1.29, 1.82) is 0 Å². The Morgan fingerprint density at radius 2 is 2.00 bits per heavy atom. The highest BCUT2D eigenvalue weighted by Gasteiger charge is 2.10. The normalized spacial score (nSPS) is 10.4. The van der Waals surface area contributed by atoms with E-state index in [2.05, 4.69) is 20.3 Å². The maximum atomic E-state index is 8.64. The average molecular weight is 280 g/mol. The third-order valence-corrected chi connectivity index (χ3v) is 3.15. The molecule has 0 N–H and O–H groups in total. The second-order valence-corrected chi connectivity index (χ2v) is 4.54. The molecule has 7 heteroatoms. The second-order valence-electron chi connectivity index (χ2n) is 4.54. The van der Waals surface area contributed by atoms with Gasteiger partial charge in [0.15, 0.2) is 0 Å². The van der Waals surface area contributed by atoms with Gasteiger partial charge in [0.05, 0.1) is 24.0 Å². The molecule has 0 fully saturated rings. The summed E-state index contributed by atoms with van der Waals surface area (Å²) in [5.41, 5.74) is 12.3. The molecule has 0 bridgehead atoms. The van der Waals surface area contributed by atoms with E-state index in [4.69, 9.17) is 10.3 Å². The van der Waals surface area contributed by atoms with Crippen molar-refractivity contribution in [3.8, 4) is 11.4 Å². The first-order chi connectivity index (χ1) is 10.2. The molecule has 0 spiro atoms. The SMILES string of the molecule is COc1ccc(-n2nnc3c(N=[N+]=[N-])cc(C)cc32)cc1. The van der Waals surface area contributed by atoms with Crippen LogP contribution in [0.1, 0.15) is 5.56 Å². The first-order valence-electron chi connectivity index (χ1n) is 6.28. The monoisotopic (exact) mass is 280 g/mol. The smallest absolute Gasteiger partial charge is 0.123 e. The van der Waals surface area contributed by atoms with Crippen LogP contribution in [0, 0.1) is 6.92 Å². The van der Waals surface area contributed by atoms with E-state index >= 15 is 0 Å². The number of benzene rings is 2. The molecule has 0 aliphatic heterocycles. The van der Waals surface area contributed by atoms with Crippen molar-refractivity contribution in [2.75, 3.05) is 7.11 Å². The molecule has 3 aromatic rings. The first kappa shape index (κ1) is 13.0. The van der Waals surface area contributed by atoms with Crippen LogP contribution in [0.3, 0.4) is 0 Å². The van der Waals surface area contributed by atoms with E-state index in [1.807, 2.05) is 37.3 Å². The third kappa shape index (κ3) is 2.26. The van der Waals surface area contributed by atoms with Gasteiger partial charge in [0, 0.05) is 4.91 Å². The lowest BCUT2D eigenvalue weighted by Gasteiger charge is -2.05. The van der Waals surface area contributed by atoms with Crippen LogP contribution >= 0.6 is 0 Å². The molecule has 1 heterocycles. The summed E-state index contributed by atoms with van der Waals surface area (Å²) in [5.74, 6) is 0.772. The van der Waals surface area contributed by atoms with Gasteiger partial charge in [-0.15, -0.1) is 5.10 Å². The Kier molecular flexibility index (Phi) is 3.17. The Labute approximate surface area is 120 Å². The Bertz CT molecular complexity index is 846. The molecule has 0 aliphatic carbocycles. The fourth-order valence-corrected chi connectivity index (χ4v) is 2.18. The Hall–Kier alpha value is -3.05. The predicted molar refractivity (Wildman–Crippen MR) is 79.0 cm³/mol. The Balaban J connectivity index is 2.21. The van der Waals surface area contributed by atoms with Crippen LogP contribution in [0.15, 0.2) is 41.5 Å². The van der Waals surface area contributed by atoms with Crippen LogP contribution in [0.25, 0.3) is 27.2 Å². The molecule has 0 saturated heterocycles. The highest BCUT2D eigenvalue weighted by molar-refractivity contribution is 5.87. The molecule has 2 aromatic carbocycles. The second kappa shape index (κ2) is 5.15. The molecule has 0 aliphatic rings. The number of rotatable bonds is 3. The minimum atomic E-state index is 0.479. The van der Waals surface area contributed by atoms with Gasteiger partial charge in [0.25, 0.3) is 0 Å². The highest BCUT2D eigenvalue weighted by atomic mass is 16.5. The van der Waals surface area contributed by atoms with Gasteiger partial charge >= 0.3 is 0 Å². The molecule has 0 saturated carbocycles. The quantitative estimate of drug-likeness (QED) is 0.416. The highest BCUT2D eigenvalue weighted by Crippen LogP contribution is 2.28. The standard InChI is InChI=1S/C14H12N6O/c1-9-7-12(16-18-15)14-13(8-9)20(19-17-14)10-3-5-11(21-2)6-4-10/h3-8H,1-2H3. The molecule has 3 rings (SSSR count). The molecule has 1 aromatic heterocycles. The Morgan fingerprint density at radius 1 is 1.24 bits per heavy atom. The molecule has 21 heavy (non-hydrogen) atoms. The van der Waals surface area contributed by atoms with Gasteiger partial charge in [0.2, 0.25) is 0 Å². The van der Waals surface area contributed by atoms with Crippen molar-refractivity contribution < 1.29 is 4.74 Å². The molecule has 104 valence electrons. The van der Waals surface area contributed by atoms with Crippen molar-refractivity contribution >= 4 is 16.7 Å². The summed E-state index contributed by atoms with van der Waals surface area (Å²) >= 11 is 0. The zero-order valence-electron chi connectivity index (χ0n) is 11.6. The molecule has 0 unspecified atom stereocenters. The van der Waals surface area contributed by atoms with E-state index in [9.17, 15) is 0 Å². The molecular formula is C14H12N6O. The van der Waals surface area contributed by atoms with Gasteiger partial charge < -0.3 is 4.74 Å². The average Bonchev–Trinajstić information content (AvgIpc) is 2.91. The van der Waals surface area contributed by atoms with Crippen LogP contribution in [-0.4, -0.2) is 22.1 Å². The van der Waals surface area contributed by atoms with Gasteiger partial charge in [-0.3, -0.25) is 0 Å². The summed E-state index contributed by atoms with van der Waals surface area (Å²) in [5, 5.41) is 11.9. The van der Waals surface area contributed by atoms with E-state index in [1.165, 1.54) is 0 Å². The van der Waals surface area contributed by atoms with E-state index in [0.717, 1.165) is 22.5 Å². The maximum absolute atomic E-state index is 8.64. The third-order valence-electron chi connectivity index (χ3n) is 3.15. The van der Waals surface area contributed by atoms with E-state index in [0.29, 0.717) is 11.2 Å². The number of azide groups is 1. The van der Waals surface area contributed by atoms with Crippen molar-refractivity contribution in [2.24, 2.45) is 5.11 Å². The van der Waals surface area contributed by atoms with Gasteiger partial charge in [-0.25, -0.2) is 4.68 Å². The minimum Gasteiger partial charge on any atom is -0.497 e. The number of hydrogen-bond donors (Lipinski definition) is 0. The molecule has 0 atom stereocenters. The van der Waals surface area contributed by atoms with Gasteiger partial charge in [0.1, 0.15) is 11.3 Å². The van der Waals surface area contributed by atoms with Crippen molar-refractivity contribution in [2.45, 2.75) is 6.92 Å². The zero-order chi connectivity index (χ0) is 14.8. The summed E-state index contributed by atoms with van der Waals surface area (Å²) in [7, 11) is 1.62. The summed E-state index contributed by atoms with van der Waals surface area (Å²) in [6, 6.07) is 11.2. The molecule has 0 radical (unpaired) electrons. The molecule has 0 amide bonds. The topological polar surface area (TPSA) is 88.7 Å². The minimum absolute atomic E-state index is 0.479. The number of aryl methyl sites for hydroxylation is 1. The summed E-state index contributed by atoms with van der Waals surface area (Å²) in [4.78, 5) is 2.83. The van der Waals surface area contributed by atoms with Crippen LogP contribution in [0.4, 0.5) is 5.69 Å². The lowest BCUT2D eigenvalue weighted by atomic mass is 10.2. The summed E-state index contributed by atoms with van der Waals surface area (Å²) in [6.45, 7) is 1.93. The fraction of sp³-hybridized carbons (Fsp3) is 0.143. The van der Waals surface area contributed by atoms with E-state index < -0.39 is 0 Å². The van der Waals surface area contributed by atoms with Gasteiger partial charge in [-0.2, -0.15) is 0 Å². The summed E-state index contributed by atoms with van der Waals surface area (Å²) in [6.07, 6.45) is 0. The number of methoxy groups -OCH3 is 1. The van der Waals surface area contributed by atoms with Crippen LogP contribution in [0.2, 0.25) is 0 Å².